The van der Waals surface area contributed by atoms with Gasteiger partial charge in [-0.3, -0.25) is 0 Å². The van der Waals surface area contributed by atoms with Crippen LogP contribution in [0.1, 0.15) is 31.0 Å². The molecule has 0 saturated carbocycles. The molecule has 1 unspecified atom stereocenters. The third kappa shape index (κ3) is 3.83. The first-order valence-corrected chi connectivity index (χ1v) is 6.39. The van der Waals surface area contributed by atoms with Crippen LogP contribution in [-0.2, 0) is 6.54 Å². The minimum Gasteiger partial charge on any atom is -0.306 e. The SMILES string of the molecule is CC(C)C(NCc1cncnc1)c1ccc(F)cc1. The molecule has 1 aromatic heterocycles. The molecule has 3 nitrogen and oxygen atoms in total. The molecule has 1 aromatic carbocycles. The van der Waals surface area contributed by atoms with Crippen LogP contribution in [0.5, 0.6) is 0 Å². The molecule has 1 N–H and O–H groups in total. The van der Waals surface area contributed by atoms with Crippen LogP contribution >= 0.6 is 0 Å². The normalized spacial score (nSPS) is 12.6. The van der Waals surface area contributed by atoms with Crippen LogP contribution in [0.15, 0.2) is 43.0 Å². The van der Waals surface area contributed by atoms with Gasteiger partial charge in [0.15, 0.2) is 0 Å². The molecule has 0 aliphatic carbocycles. The molecular formula is C15H18FN3. The van der Waals surface area contributed by atoms with Crippen molar-refractivity contribution in [3.8, 4) is 0 Å². The predicted octanol–water partition coefficient (Wildman–Crippen LogP) is 3.10. The average molecular weight is 259 g/mol. The molecule has 1 atom stereocenters. The molecule has 4 heteroatoms. The zero-order valence-electron chi connectivity index (χ0n) is 11.2. The van der Waals surface area contributed by atoms with Crippen molar-refractivity contribution in [2.75, 3.05) is 0 Å². The average Bonchev–Trinajstić information content (AvgIpc) is 2.42. The van der Waals surface area contributed by atoms with Gasteiger partial charge in [0.1, 0.15) is 12.1 Å². The van der Waals surface area contributed by atoms with E-state index >= 15 is 0 Å². The van der Waals surface area contributed by atoms with Crippen molar-refractivity contribution in [2.45, 2.75) is 26.4 Å². The summed E-state index contributed by atoms with van der Waals surface area (Å²) in [7, 11) is 0. The molecule has 0 saturated heterocycles. The molecule has 19 heavy (non-hydrogen) atoms. The number of nitrogens with zero attached hydrogens (tertiary/aromatic N) is 2. The van der Waals surface area contributed by atoms with Gasteiger partial charge in [-0.05, 0) is 23.6 Å². The standard InChI is InChI=1S/C15H18FN3/c1-11(2)15(13-3-5-14(16)6-4-13)19-9-12-7-17-10-18-8-12/h3-8,10-11,15,19H,9H2,1-2H3. The second-order valence-corrected chi connectivity index (χ2v) is 4.90. The van der Waals surface area contributed by atoms with E-state index in [1.165, 1.54) is 18.5 Å². The van der Waals surface area contributed by atoms with Gasteiger partial charge in [-0.15, -0.1) is 0 Å². The molecule has 0 spiro atoms. The van der Waals surface area contributed by atoms with Crippen molar-refractivity contribution in [3.63, 3.8) is 0 Å². The van der Waals surface area contributed by atoms with Gasteiger partial charge >= 0.3 is 0 Å². The van der Waals surface area contributed by atoms with Crippen molar-refractivity contribution in [1.82, 2.24) is 15.3 Å². The molecule has 2 rings (SSSR count). The Bertz CT molecular complexity index is 497. The molecule has 1 heterocycles. The Morgan fingerprint density at radius 1 is 1.11 bits per heavy atom. The lowest BCUT2D eigenvalue weighted by atomic mass is 9.96. The summed E-state index contributed by atoms with van der Waals surface area (Å²) >= 11 is 0. The van der Waals surface area contributed by atoms with Crippen molar-refractivity contribution in [3.05, 3.63) is 59.9 Å². The number of benzene rings is 1. The second-order valence-electron chi connectivity index (χ2n) is 4.90. The molecule has 0 amide bonds. The molecular weight excluding hydrogens is 241 g/mol. The lowest BCUT2D eigenvalue weighted by molar-refractivity contribution is 0.409. The smallest absolute Gasteiger partial charge is 0.123 e. The Balaban J connectivity index is 2.06. The first-order chi connectivity index (χ1) is 9.16. The van der Waals surface area contributed by atoms with Crippen LogP contribution in [0.3, 0.4) is 0 Å². The van der Waals surface area contributed by atoms with E-state index in [1.54, 1.807) is 12.4 Å². The maximum absolute atomic E-state index is 13.0. The lowest BCUT2D eigenvalue weighted by Crippen LogP contribution is -2.25. The Morgan fingerprint density at radius 2 is 1.74 bits per heavy atom. The minimum atomic E-state index is -0.206. The maximum atomic E-state index is 13.0. The molecule has 0 radical (unpaired) electrons. The summed E-state index contributed by atoms with van der Waals surface area (Å²) in [5, 5.41) is 3.47. The Morgan fingerprint density at radius 3 is 2.32 bits per heavy atom. The fraction of sp³-hybridized carbons (Fsp3) is 0.333. The quantitative estimate of drug-likeness (QED) is 0.896. The van der Waals surface area contributed by atoms with E-state index < -0.39 is 0 Å². The first kappa shape index (κ1) is 13.6. The van der Waals surface area contributed by atoms with Gasteiger partial charge in [0.25, 0.3) is 0 Å². The fourth-order valence-electron chi connectivity index (χ4n) is 2.06. The topological polar surface area (TPSA) is 37.8 Å². The molecule has 0 bridgehead atoms. The summed E-state index contributed by atoms with van der Waals surface area (Å²) in [4.78, 5) is 7.98. The highest BCUT2D eigenvalue weighted by Gasteiger charge is 2.15. The van der Waals surface area contributed by atoms with E-state index in [-0.39, 0.29) is 11.9 Å². The van der Waals surface area contributed by atoms with Crippen molar-refractivity contribution in [1.29, 1.82) is 0 Å². The molecule has 100 valence electrons. The van der Waals surface area contributed by atoms with Crippen LogP contribution in [-0.4, -0.2) is 9.97 Å². The van der Waals surface area contributed by atoms with Gasteiger partial charge in [0.2, 0.25) is 0 Å². The summed E-state index contributed by atoms with van der Waals surface area (Å²) < 4.78 is 13.0. The highest BCUT2D eigenvalue weighted by Crippen LogP contribution is 2.22. The Kier molecular flexibility index (Phi) is 4.58. The van der Waals surface area contributed by atoms with Gasteiger partial charge < -0.3 is 5.32 Å². The first-order valence-electron chi connectivity index (χ1n) is 6.39. The monoisotopic (exact) mass is 259 g/mol. The highest BCUT2D eigenvalue weighted by atomic mass is 19.1. The van der Waals surface area contributed by atoms with E-state index in [9.17, 15) is 4.39 Å². The predicted molar refractivity (Wildman–Crippen MR) is 72.9 cm³/mol. The third-order valence-electron chi connectivity index (χ3n) is 3.04. The number of nitrogens with one attached hydrogen (secondary N) is 1. The van der Waals surface area contributed by atoms with E-state index in [0.717, 1.165) is 11.1 Å². The summed E-state index contributed by atoms with van der Waals surface area (Å²) in [5.74, 6) is 0.206. The van der Waals surface area contributed by atoms with E-state index in [4.69, 9.17) is 0 Å². The fourth-order valence-corrected chi connectivity index (χ4v) is 2.06. The van der Waals surface area contributed by atoms with Gasteiger partial charge in [0.05, 0.1) is 0 Å². The zero-order chi connectivity index (χ0) is 13.7. The third-order valence-corrected chi connectivity index (χ3v) is 3.04. The van der Waals surface area contributed by atoms with Crippen LogP contribution in [0.25, 0.3) is 0 Å². The van der Waals surface area contributed by atoms with Crippen LogP contribution in [0.4, 0.5) is 4.39 Å². The molecule has 2 aromatic rings. The summed E-state index contributed by atoms with van der Waals surface area (Å²) in [6.45, 7) is 4.98. The van der Waals surface area contributed by atoms with Gasteiger partial charge in [-0.1, -0.05) is 26.0 Å². The Labute approximate surface area is 112 Å². The van der Waals surface area contributed by atoms with Crippen molar-refractivity contribution in [2.24, 2.45) is 5.92 Å². The van der Waals surface area contributed by atoms with Crippen molar-refractivity contribution >= 4 is 0 Å². The lowest BCUT2D eigenvalue weighted by Gasteiger charge is -2.23. The van der Waals surface area contributed by atoms with Crippen LogP contribution in [0.2, 0.25) is 0 Å². The van der Waals surface area contributed by atoms with Crippen LogP contribution in [0, 0.1) is 11.7 Å². The maximum Gasteiger partial charge on any atom is 0.123 e. The number of halogens is 1. The molecule has 0 aliphatic heterocycles. The van der Waals surface area contributed by atoms with E-state index in [2.05, 4.69) is 29.1 Å². The highest BCUT2D eigenvalue weighted by molar-refractivity contribution is 5.20. The number of rotatable bonds is 5. The van der Waals surface area contributed by atoms with Gasteiger partial charge in [0, 0.05) is 30.5 Å². The second kappa shape index (κ2) is 6.38. The van der Waals surface area contributed by atoms with Crippen molar-refractivity contribution < 1.29 is 4.39 Å². The molecule has 0 aliphatic rings. The molecule has 0 fully saturated rings. The van der Waals surface area contributed by atoms with Gasteiger partial charge in [-0.2, -0.15) is 0 Å². The Hall–Kier alpha value is -1.81. The van der Waals surface area contributed by atoms with E-state index in [0.29, 0.717) is 12.5 Å². The summed E-state index contributed by atoms with van der Waals surface area (Å²) in [5.41, 5.74) is 2.13. The van der Waals surface area contributed by atoms with Gasteiger partial charge in [-0.25, -0.2) is 14.4 Å². The summed E-state index contributed by atoms with van der Waals surface area (Å²) in [6.07, 6.45) is 5.10. The number of aromatic nitrogens is 2. The summed E-state index contributed by atoms with van der Waals surface area (Å²) in [6, 6.07) is 6.83. The largest absolute Gasteiger partial charge is 0.306 e. The van der Waals surface area contributed by atoms with Crippen LogP contribution < -0.4 is 5.32 Å². The zero-order valence-corrected chi connectivity index (χ0v) is 11.2. The number of hydrogen-bond acceptors (Lipinski definition) is 3. The minimum absolute atomic E-state index is 0.181. The van der Waals surface area contributed by atoms with E-state index in [1.807, 2.05) is 12.1 Å². The number of hydrogen-bond donors (Lipinski definition) is 1.